The van der Waals surface area contributed by atoms with Crippen LogP contribution in [0.2, 0.25) is 5.15 Å². The van der Waals surface area contributed by atoms with Gasteiger partial charge < -0.3 is 4.57 Å². The van der Waals surface area contributed by atoms with Crippen LogP contribution >= 0.6 is 11.6 Å². The van der Waals surface area contributed by atoms with Gasteiger partial charge in [-0.05, 0) is 20.8 Å². The molecule has 0 amide bonds. The first-order valence-corrected chi connectivity index (χ1v) is 4.49. The van der Waals surface area contributed by atoms with Gasteiger partial charge in [0.05, 0.1) is 12.0 Å². The summed E-state index contributed by atoms with van der Waals surface area (Å²) in [6.07, 6.45) is 1.68. The molecule has 4 nitrogen and oxygen atoms in total. The van der Waals surface area contributed by atoms with Gasteiger partial charge in [-0.15, -0.1) is 0 Å². The topological polar surface area (TPSA) is 53.1 Å². The molecule has 2 N–H and O–H groups in total. The van der Waals surface area contributed by atoms with Crippen molar-refractivity contribution in [1.29, 1.82) is 0 Å². The lowest BCUT2D eigenvalue weighted by atomic mass is 10.1. The van der Waals surface area contributed by atoms with Crippen LogP contribution in [0, 0.1) is 0 Å². The number of aryl methyl sites for hydroxylation is 1. The van der Waals surface area contributed by atoms with Crippen molar-refractivity contribution in [2.45, 2.75) is 32.9 Å². The normalized spacial score (nSPS) is 12.1. The molecular weight excluding hydrogens is 190 g/mol. The van der Waals surface area contributed by atoms with Crippen LogP contribution < -0.4 is 5.90 Å². The molecule has 1 heterocycles. The van der Waals surface area contributed by atoms with Gasteiger partial charge in [-0.25, -0.2) is 10.9 Å². The van der Waals surface area contributed by atoms with Gasteiger partial charge in [0.25, 0.3) is 0 Å². The van der Waals surface area contributed by atoms with Crippen molar-refractivity contribution in [2.24, 2.45) is 5.90 Å². The highest BCUT2D eigenvalue weighted by Gasteiger charge is 2.28. The second-order valence-corrected chi connectivity index (χ2v) is 3.66. The van der Waals surface area contributed by atoms with Gasteiger partial charge in [-0.1, -0.05) is 11.6 Å². The van der Waals surface area contributed by atoms with Crippen LogP contribution in [0.3, 0.4) is 0 Å². The minimum atomic E-state index is -0.608. The van der Waals surface area contributed by atoms with Crippen molar-refractivity contribution in [3.63, 3.8) is 0 Å². The predicted octanol–water partition coefficient (Wildman–Crippen LogP) is 1.68. The van der Waals surface area contributed by atoms with Gasteiger partial charge in [-0.3, -0.25) is 4.84 Å². The van der Waals surface area contributed by atoms with Crippen molar-refractivity contribution < 1.29 is 4.84 Å². The lowest BCUT2D eigenvalue weighted by Gasteiger charge is -2.23. The molecule has 0 aliphatic heterocycles. The zero-order chi connectivity index (χ0) is 10.1. The minimum absolute atomic E-state index is 0.442. The SMILES string of the molecule is CCn1cnc(Cl)c1C(C)(C)ON. The van der Waals surface area contributed by atoms with E-state index in [0.29, 0.717) is 5.15 Å². The van der Waals surface area contributed by atoms with Gasteiger partial charge in [0.15, 0.2) is 5.15 Å². The molecular formula is C8H14ClN3O. The third-order valence-corrected chi connectivity index (χ3v) is 2.28. The van der Waals surface area contributed by atoms with Crippen molar-refractivity contribution >= 4 is 11.6 Å². The van der Waals surface area contributed by atoms with Gasteiger partial charge in [-0.2, -0.15) is 0 Å². The number of halogens is 1. The van der Waals surface area contributed by atoms with E-state index in [-0.39, 0.29) is 0 Å². The lowest BCUT2D eigenvalue weighted by molar-refractivity contribution is -0.0291. The Bertz CT molecular complexity index is 296. The fourth-order valence-electron chi connectivity index (χ4n) is 1.25. The molecule has 0 saturated carbocycles. The van der Waals surface area contributed by atoms with Crippen LogP contribution in [0.1, 0.15) is 26.5 Å². The molecule has 1 aromatic heterocycles. The van der Waals surface area contributed by atoms with E-state index < -0.39 is 5.60 Å². The van der Waals surface area contributed by atoms with Gasteiger partial charge in [0.1, 0.15) is 5.60 Å². The van der Waals surface area contributed by atoms with Crippen LogP contribution in [0.25, 0.3) is 0 Å². The lowest BCUT2D eigenvalue weighted by Crippen LogP contribution is -2.28. The van der Waals surface area contributed by atoms with E-state index in [4.69, 9.17) is 22.3 Å². The average molecular weight is 204 g/mol. The van der Waals surface area contributed by atoms with E-state index in [1.165, 1.54) is 0 Å². The Kier molecular flexibility index (Phi) is 2.95. The number of nitrogens with zero attached hydrogens (tertiary/aromatic N) is 2. The molecule has 1 aromatic rings. The number of hydrogen-bond donors (Lipinski definition) is 1. The van der Waals surface area contributed by atoms with Crippen LogP contribution in [-0.2, 0) is 17.0 Å². The first-order chi connectivity index (χ1) is 6.03. The van der Waals surface area contributed by atoms with E-state index in [0.717, 1.165) is 12.2 Å². The number of rotatable bonds is 3. The predicted molar refractivity (Wildman–Crippen MR) is 51.2 cm³/mol. The Labute approximate surface area is 82.6 Å². The van der Waals surface area contributed by atoms with E-state index in [1.807, 2.05) is 25.3 Å². The Balaban J connectivity index is 3.18. The smallest absolute Gasteiger partial charge is 0.153 e. The Morgan fingerprint density at radius 2 is 2.31 bits per heavy atom. The molecule has 5 heteroatoms. The maximum absolute atomic E-state index is 5.92. The van der Waals surface area contributed by atoms with E-state index in [2.05, 4.69) is 4.98 Å². The van der Waals surface area contributed by atoms with Crippen molar-refractivity contribution in [1.82, 2.24) is 9.55 Å². The van der Waals surface area contributed by atoms with Crippen LogP contribution in [0.5, 0.6) is 0 Å². The maximum Gasteiger partial charge on any atom is 0.153 e. The van der Waals surface area contributed by atoms with Crippen molar-refractivity contribution in [2.75, 3.05) is 0 Å². The quantitative estimate of drug-likeness (QED) is 0.761. The molecule has 13 heavy (non-hydrogen) atoms. The second-order valence-electron chi connectivity index (χ2n) is 3.30. The first kappa shape index (κ1) is 10.5. The summed E-state index contributed by atoms with van der Waals surface area (Å²) in [5.41, 5.74) is 0.197. The minimum Gasteiger partial charge on any atom is -0.331 e. The Hall–Kier alpha value is -0.580. The van der Waals surface area contributed by atoms with Crippen molar-refractivity contribution in [3.8, 4) is 0 Å². The summed E-state index contributed by atoms with van der Waals surface area (Å²) < 4.78 is 1.91. The second kappa shape index (κ2) is 3.65. The van der Waals surface area contributed by atoms with E-state index >= 15 is 0 Å². The summed E-state index contributed by atoms with van der Waals surface area (Å²) >= 11 is 5.92. The maximum atomic E-state index is 5.92. The molecule has 0 saturated heterocycles. The van der Waals surface area contributed by atoms with Crippen molar-refractivity contribution in [3.05, 3.63) is 17.2 Å². The number of nitrogens with two attached hydrogens (primary N) is 1. The molecule has 0 fully saturated rings. The molecule has 0 atom stereocenters. The third kappa shape index (κ3) is 1.85. The summed E-state index contributed by atoms with van der Waals surface area (Å²) in [5.74, 6) is 5.19. The summed E-state index contributed by atoms with van der Waals surface area (Å²) in [6.45, 7) is 6.50. The highest BCUT2D eigenvalue weighted by atomic mass is 35.5. The van der Waals surface area contributed by atoms with Crippen LogP contribution in [0.4, 0.5) is 0 Å². The monoisotopic (exact) mass is 203 g/mol. The zero-order valence-electron chi connectivity index (χ0n) is 8.04. The highest BCUT2D eigenvalue weighted by Crippen LogP contribution is 2.28. The molecule has 0 aliphatic carbocycles. The number of aromatic nitrogens is 2. The largest absolute Gasteiger partial charge is 0.331 e. The van der Waals surface area contributed by atoms with E-state index in [9.17, 15) is 0 Å². The van der Waals surface area contributed by atoms with Gasteiger partial charge in [0.2, 0.25) is 0 Å². The average Bonchev–Trinajstić information content (AvgIpc) is 2.47. The molecule has 0 aliphatic rings. The first-order valence-electron chi connectivity index (χ1n) is 4.12. The molecule has 0 bridgehead atoms. The Morgan fingerprint density at radius 3 is 2.77 bits per heavy atom. The highest BCUT2D eigenvalue weighted by molar-refractivity contribution is 6.30. The molecule has 0 radical (unpaired) electrons. The number of imidazole rings is 1. The molecule has 0 spiro atoms. The fraction of sp³-hybridized carbons (Fsp3) is 0.625. The Morgan fingerprint density at radius 1 is 1.69 bits per heavy atom. The standard InChI is InChI=1S/C8H14ClN3O/c1-4-12-5-11-7(9)6(12)8(2,3)13-10/h5H,4,10H2,1-3H3. The molecule has 0 aromatic carbocycles. The van der Waals surface area contributed by atoms with E-state index in [1.54, 1.807) is 6.33 Å². The van der Waals surface area contributed by atoms with Crippen LogP contribution in [-0.4, -0.2) is 9.55 Å². The zero-order valence-corrected chi connectivity index (χ0v) is 8.80. The summed E-state index contributed by atoms with van der Waals surface area (Å²) in [5, 5.41) is 0.442. The molecule has 74 valence electrons. The van der Waals surface area contributed by atoms with Gasteiger partial charge >= 0.3 is 0 Å². The summed E-state index contributed by atoms with van der Waals surface area (Å²) in [7, 11) is 0. The van der Waals surface area contributed by atoms with Gasteiger partial charge in [0, 0.05) is 6.54 Å². The summed E-state index contributed by atoms with van der Waals surface area (Å²) in [6, 6.07) is 0. The molecule has 1 rings (SSSR count). The number of hydrogen-bond acceptors (Lipinski definition) is 3. The molecule has 0 unspecified atom stereocenters. The third-order valence-electron chi connectivity index (χ3n) is 2.00. The summed E-state index contributed by atoms with van der Waals surface area (Å²) in [4.78, 5) is 8.85. The van der Waals surface area contributed by atoms with Crippen LogP contribution in [0.15, 0.2) is 6.33 Å². The fourth-order valence-corrected chi connectivity index (χ4v) is 1.63.